The molecule has 2 N–H and O–H groups in total. The molecule has 0 atom stereocenters. The maximum Gasteiger partial charge on any atom is 0.311 e. The van der Waals surface area contributed by atoms with E-state index < -0.39 is 5.37 Å². The molecule has 1 heterocycles. The summed E-state index contributed by atoms with van der Waals surface area (Å²) in [6, 6.07) is 16.1. The zero-order valence-corrected chi connectivity index (χ0v) is 10.7. The molecule has 1 aliphatic rings. The molecule has 19 heavy (non-hydrogen) atoms. The Hall–Kier alpha value is -2.33. The molecule has 0 aliphatic carbocycles. The molecule has 5 heteroatoms. The van der Waals surface area contributed by atoms with Crippen LogP contribution in [0.25, 0.3) is 6.26 Å². The Balaban J connectivity index is 0.000000297. The summed E-state index contributed by atoms with van der Waals surface area (Å²) in [6.07, 6.45) is 1.68. The molecule has 0 bridgehead atoms. The Morgan fingerprint density at radius 3 is 2.37 bits per heavy atom. The van der Waals surface area contributed by atoms with Crippen molar-refractivity contribution in [1.82, 2.24) is 0 Å². The van der Waals surface area contributed by atoms with Crippen molar-refractivity contribution in [1.29, 1.82) is 0 Å². The Bertz CT molecular complexity index is 737. The minimum absolute atomic E-state index is 0.861. The van der Waals surface area contributed by atoms with E-state index in [9.17, 15) is 0 Å². The highest BCUT2D eigenvalue weighted by Crippen LogP contribution is 1.92. The van der Waals surface area contributed by atoms with Crippen LogP contribution < -0.4 is 16.3 Å². The zero-order valence-electron chi connectivity index (χ0n) is 9.92. The SMILES string of the molecule is C1=c2ccccc2=c2ccccc2=NO1.NC(=O)Cl. The molecular formula is C14H11ClN2O2. The van der Waals surface area contributed by atoms with Gasteiger partial charge in [-0.2, -0.15) is 0 Å². The average Bonchev–Trinajstić information content (AvgIpc) is 2.57. The number of carbonyl (C=O) groups is 1. The van der Waals surface area contributed by atoms with Gasteiger partial charge >= 0.3 is 5.37 Å². The third-order valence-corrected chi connectivity index (χ3v) is 2.49. The zero-order chi connectivity index (χ0) is 13.7. The van der Waals surface area contributed by atoms with Crippen molar-refractivity contribution < 1.29 is 9.63 Å². The molecule has 96 valence electrons. The smallest absolute Gasteiger partial charge is 0.311 e. The van der Waals surface area contributed by atoms with Crippen LogP contribution in [0, 0.1) is 10.4 Å². The van der Waals surface area contributed by atoms with Gasteiger partial charge in [-0.05, 0) is 22.9 Å². The molecule has 2 aromatic carbocycles. The molecule has 4 nitrogen and oxygen atoms in total. The molecule has 0 saturated carbocycles. The second-order valence-electron chi connectivity index (χ2n) is 3.72. The van der Waals surface area contributed by atoms with E-state index in [0.29, 0.717) is 0 Å². The predicted molar refractivity (Wildman–Crippen MR) is 72.3 cm³/mol. The van der Waals surface area contributed by atoms with Gasteiger partial charge in [0.05, 0.1) is 0 Å². The Kier molecular flexibility index (Phi) is 4.15. The number of nitrogens with zero attached hydrogens (tertiary/aromatic N) is 1. The summed E-state index contributed by atoms with van der Waals surface area (Å²) in [5, 5.41) is 7.39. The quantitative estimate of drug-likeness (QED) is 0.585. The Labute approximate surface area is 114 Å². The van der Waals surface area contributed by atoms with E-state index in [0.717, 1.165) is 21.0 Å². The van der Waals surface area contributed by atoms with E-state index in [1.807, 2.05) is 36.4 Å². The molecule has 3 rings (SSSR count). The lowest BCUT2D eigenvalue weighted by Gasteiger charge is -1.88. The van der Waals surface area contributed by atoms with Gasteiger partial charge in [0.25, 0.3) is 0 Å². The van der Waals surface area contributed by atoms with Gasteiger partial charge in [0, 0.05) is 10.4 Å². The lowest BCUT2D eigenvalue weighted by molar-refractivity contribution is 0.266. The third-order valence-electron chi connectivity index (χ3n) is 2.49. The first-order valence-corrected chi connectivity index (χ1v) is 5.90. The molecule has 1 aliphatic heterocycles. The number of carbonyl (C=O) groups excluding carboxylic acids is 1. The fourth-order valence-electron chi connectivity index (χ4n) is 1.77. The maximum atomic E-state index is 8.99. The van der Waals surface area contributed by atoms with Gasteiger partial charge in [-0.15, -0.1) is 0 Å². The van der Waals surface area contributed by atoms with Crippen molar-refractivity contribution in [3.05, 3.63) is 69.5 Å². The van der Waals surface area contributed by atoms with Crippen molar-refractivity contribution in [2.24, 2.45) is 10.9 Å². The van der Waals surface area contributed by atoms with Crippen LogP contribution in [-0.2, 0) is 4.84 Å². The summed E-state index contributed by atoms with van der Waals surface area (Å²) < 4.78 is 0. The van der Waals surface area contributed by atoms with Crippen LogP contribution in [0.5, 0.6) is 0 Å². The number of rotatable bonds is 0. The number of fused-ring (bicyclic) bond motifs is 2. The molecule has 2 aromatic rings. The highest BCUT2D eigenvalue weighted by Gasteiger charge is 1.94. The Morgan fingerprint density at radius 1 is 1.05 bits per heavy atom. The lowest BCUT2D eigenvalue weighted by atomic mass is 10.2. The van der Waals surface area contributed by atoms with Crippen molar-refractivity contribution >= 4 is 23.2 Å². The number of nitrogens with two attached hydrogens (primary N) is 1. The van der Waals surface area contributed by atoms with Crippen LogP contribution in [0.3, 0.4) is 0 Å². The van der Waals surface area contributed by atoms with Crippen molar-refractivity contribution in [2.75, 3.05) is 0 Å². The van der Waals surface area contributed by atoms with Gasteiger partial charge in [-0.25, -0.2) is 0 Å². The van der Waals surface area contributed by atoms with E-state index in [1.54, 1.807) is 6.26 Å². The lowest BCUT2D eigenvalue weighted by Crippen LogP contribution is -2.06. The Morgan fingerprint density at radius 2 is 1.63 bits per heavy atom. The maximum absolute atomic E-state index is 8.99. The summed E-state index contributed by atoms with van der Waals surface area (Å²) in [4.78, 5) is 14.1. The summed E-state index contributed by atoms with van der Waals surface area (Å²) in [7, 11) is 0. The summed E-state index contributed by atoms with van der Waals surface area (Å²) in [5.41, 5.74) is 4.24. The number of amides is 1. The molecule has 0 saturated heterocycles. The molecule has 0 radical (unpaired) electrons. The molecular weight excluding hydrogens is 264 g/mol. The largest absolute Gasteiger partial charge is 0.364 e. The first kappa shape index (κ1) is 13.1. The van der Waals surface area contributed by atoms with E-state index in [1.165, 1.54) is 0 Å². The topological polar surface area (TPSA) is 64.7 Å². The average molecular weight is 275 g/mol. The third kappa shape index (κ3) is 3.33. The van der Waals surface area contributed by atoms with E-state index in [-0.39, 0.29) is 0 Å². The minimum atomic E-state index is -0.861. The van der Waals surface area contributed by atoms with Crippen LogP contribution in [0.2, 0.25) is 0 Å². The van der Waals surface area contributed by atoms with Gasteiger partial charge < -0.3 is 10.6 Å². The van der Waals surface area contributed by atoms with Gasteiger partial charge in [-0.3, -0.25) is 4.79 Å². The summed E-state index contributed by atoms with van der Waals surface area (Å²) in [6.45, 7) is 0. The molecule has 0 spiro atoms. The van der Waals surface area contributed by atoms with E-state index in [4.69, 9.17) is 9.63 Å². The number of benzene rings is 2. The number of primary amides is 1. The second kappa shape index (κ2) is 6.02. The van der Waals surface area contributed by atoms with E-state index >= 15 is 0 Å². The number of halogens is 1. The second-order valence-corrected chi connectivity index (χ2v) is 4.10. The van der Waals surface area contributed by atoms with Gasteiger partial charge in [0.1, 0.15) is 11.6 Å². The fourth-order valence-corrected chi connectivity index (χ4v) is 1.77. The first-order valence-electron chi connectivity index (χ1n) is 5.52. The van der Waals surface area contributed by atoms with Crippen molar-refractivity contribution in [2.45, 2.75) is 0 Å². The summed E-state index contributed by atoms with van der Waals surface area (Å²) in [5.74, 6) is 0. The van der Waals surface area contributed by atoms with Crippen LogP contribution in [-0.4, -0.2) is 5.37 Å². The highest BCUT2D eigenvalue weighted by atomic mass is 35.5. The van der Waals surface area contributed by atoms with Gasteiger partial charge in [-0.1, -0.05) is 47.6 Å². The monoisotopic (exact) mass is 274 g/mol. The van der Waals surface area contributed by atoms with Crippen LogP contribution >= 0.6 is 11.6 Å². The first-order chi connectivity index (χ1) is 9.18. The van der Waals surface area contributed by atoms with Crippen LogP contribution in [0.1, 0.15) is 0 Å². The van der Waals surface area contributed by atoms with Gasteiger partial charge in [0.15, 0.2) is 0 Å². The van der Waals surface area contributed by atoms with Crippen LogP contribution in [0.15, 0.2) is 53.7 Å². The van der Waals surface area contributed by atoms with Crippen molar-refractivity contribution in [3.63, 3.8) is 0 Å². The predicted octanol–water partition coefficient (Wildman–Crippen LogP) is 1.58. The molecule has 1 amide bonds. The van der Waals surface area contributed by atoms with Gasteiger partial charge in [0.2, 0.25) is 0 Å². The van der Waals surface area contributed by atoms with Crippen molar-refractivity contribution in [3.8, 4) is 0 Å². The number of hydrogen-bond acceptors (Lipinski definition) is 3. The highest BCUT2D eigenvalue weighted by molar-refractivity contribution is 6.62. The standard InChI is InChI=1S/C13H9NO.CH2ClNO/c1-2-6-11-10(5-1)9-15-14-13-8-4-3-7-12(11)13;2-1(3)4/h1-9H;(H2,3,4). The van der Waals surface area contributed by atoms with E-state index in [2.05, 4.69) is 34.6 Å². The van der Waals surface area contributed by atoms with Crippen LogP contribution in [0.4, 0.5) is 4.79 Å². The summed E-state index contributed by atoms with van der Waals surface area (Å²) >= 11 is 4.41. The molecule has 0 unspecified atom stereocenters. The number of hydrogen-bond donors (Lipinski definition) is 1. The minimum Gasteiger partial charge on any atom is -0.364 e. The fraction of sp³-hybridized carbons (Fsp3) is 0. The molecule has 0 fully saturated rings. The normalized spacial score (nSPS) is 11.0. The molecule has 0 aromatic heterocycles.